The second-order valence-corrected chi connectivity index (χ2v) is 6.14. The topological polar surface area (TPSA) is 61.4 Å². The van der Waals surface area contributed by atoms with Gasteiger partial charge in [-0.05, 0) is 43.8 Å². The van der Waals surface area contributed by atoms with Crippen LogP contribution in [0.15, 0.2) is 16.8 Å². The van der Waals surface area contributed by atoms with Gasteiger partial charge >= 0.3 is 0 Å². The first-order chi connectivity index (χ1) is 10.2. The highest BCUT2D eigenvalue weighted by Crippen LogP contribution is 2.11. The molecule has 1 fully saturated rings. The molecule has 0 bridgehead atoms. The minimum absolute atomic E-state index is 0.0598. The van der Waals surface area contributed by atoms with Gasteiger partial charge in [-0.3, -0.25) is 9.59 Å². The van der Waals surface area contributed by atoms with Crippen LogP contribution in [0.5, 0.6) is 0 Å². The Balaban J connectivity index is 1.63. The summed E-state index contributed by atoms with van der Waals surface area (Å²) in [4.78, 5) is 25.7. The van der Waals surface area contributed by atoms with Crippen molar-refractivity contribution in [2.45, 2.75) is 31.7 Å². The van der Waals surface area contributed by atoms with Crippen LogP contribution >= 0.6 is 11.3 Å². The predicted octanol–water partition coefficient (Wildman–Crippen LogP) is 1.47. The summed E-state index contributed by atoms with van der Waals surface area (Å²) in [5, 5.41) is 9.85. The highest BCUT2D eigenvalue weighted by molar-refractivity contribution is 7.08. The normalized spacial score (nSPS) is 15.7. The Bertz CT molecular complexity index is 455. The van der Waals surface area contributed by atoms with Crippen LogP contribution in [0.2, 0.25) is 0 Å². The van der Waals surface area contributed by atoms with E-state index in [4.69, 9.17) is 0 Å². The third-order valence-electron chi connectivity index (χ3n) is 3.89. The lowest BCUT2D eigenvalue weighted by molar-refractivity contribution is -0.132. The summed E-state index contributed by atoms with van der Waals surface area (Å²) >= 11 is 1.51. The standard InChI is InChI=1S/C15H23N3O2S/c1-18(13-4-8-16-9-5-13)14(19)3-2-7-17-15(20)12-6-10-21-11-12/h6,10-11,13,16H,2-5,7-9H2,1H3,(H,17,20). The monoisotopic (exact) mass is 309 g/mol. The van der Waals surface area contributed by atoms with Gasteiger partial charge in [0.15, 0.2) is 0 Å². The number of nitrogens with zero attached hydrogens (tertiary/aromatic N) is 1. The smallest absolute Gasteiger partial charge is 0.252 e. The van der Waals surface area contributed by atoms with Gasteiger partial charge in [-0.25, -0.2) is 0 Å². The molecule has 2 amide bonds. The summed E-state index contributed by atoms with van der Waals surface area (Å²) in [7, 11) is 1.89. The van der Waals surface area contributed by atoms with E-state index < -0.39 is 0 Å². The number of amides is 2. The molecule has 2 heterocycles. The third-order valence-corrected chi connectivity index (χ3v) is 4.57. The third kappa shape index (κ3) is 4.82. The first-order valence-electron chi connectivity index (χ1n) is 7.45. The van der Waals surface area contributed by atoms with Crippen LogP contribution in [0.3, 0.4) is 0 Å². The van der Waals surface area contributed by atoms with Crippen molar-refractivity contribution in [1.82, 2.24) is 15.5 Å². The summed E-state index contributed by atoms with van der Waals surface area (Å²) in [5.74, 6) is 0.113. The van der Waals surface area contributed by atoms with Gasteiger partial charge in [0.2, 0.25) is 5.91 Å². The van der Waals surface area contributed by atoms with Crippen LogP contribution in [0.4, 0.5) is 0 Å². The molecule has 2 rings (SSSR count). The number of hydrogen-bond acceptors (Lipinski definition) is 4. The van der Waals surface area contributed by atoms with Gasteiger partial charge in [0, 0.05) is 37.0 Å². The van der Waals surface area contributed by atoms with Crippen molar-refractivity contribution in [2.24, 2.45) is 0 Å². The van der Waals surface area contributed by atoms with Crippen LogP contribution in [0.1, 0.15) is 36.0 Å². The molecule has 1 aliphatic rings. The van der Waals surface area contributed by atoms with Crippen molar-refractivity contribution in [1.29, 1.82) is 0 Å². The average molecular weight is 309 g/mol. The number of hydrogen-bond donors (Lipinski definition) is 2. The average Bonchev–Trinajstić information content (AvgIpc) is 3.05. The summed E-state index contributed by atoms with van der Waals surface area (Å²) in [5.41, 5.74) is 0.693. The lowest BCUT2D eigenvalue weighted by Gasteiger charge is -2.31. The van der Waals surface area contributed by atoms with Gasteiger partial charge in [-0.15, -0.1) is 0 Å². The Hall–Kier alpha value is -1.40. The maximum atomic E-state index is 12.1. The van der Waals surface area contributed by atoms with Gasteiger partial charge in [0.25, 0.3) is 5.91 Å². The molecule has 0 atom stereocenters. The zero-order valence-electron chi connectivity index (χ0n) is 12.4. The van der Waals surface area contributed by atoms with E-state index >= 15 is 0 Å². The summed E-state index contributed by atoms with van der Waals surface area (Å²) in [6, 6.07) is 2.16. The number of piperidine rings is 1. The van der Waals surface area contributed by atoms with E-state index in [9.17, 15) is 9.59 Å². The second-order valence-electron chi connectivity index (χ2n) is 5.36. The molecule has 0 aromatic carbocycles. The fourth-order valence-corrected chi connectivity index (χ4v) is 3.15. The maximum absolute atomic E-state index is 12.1. The van der Waals surface area contributed by atoms with Gasteiger partial charge in [-0.2, -0.15) is 11.3 Å². The maximum Gasteiger partial charge on any atom is 0.252 e. The van der Waals surface area contributed by atoms with Crippen molar-refractivity contribution in [3.63, 3.8) is 0 Å². The van der Waals surface area contributed by atoms with Crippen LogP contribution in [-0.2, 0) is 4.79 Å². The lowest BCUT2D eigenvalue weighted by Crippen LogP contribution is -2.44. The van der Waals surface area contributed by atoms with Crippen molar-refractivity contribution in [2.75, 3.05) is 26.7 Å². The number of thiophene rings is 1. The van der Waals surface area contributed by atoms with Gasteiger partial charge in [0.05, 0.1) is 0 Å². The van der Waals surface area contributed by atoms with Crippen LogP contribution < -0.4 is 10.6 Å². The highest BCUT2D eigenvalue weighted by Gasteiger charge is 2.21. The molecule has 1 aromatic rings. The molecule has 21 heavy (non-hydrogen) atoms. The molecule has 1 saturated heterocycles. The minimum atomic E-state index is -0.0598. The largest absolute Gasteiger partial charge is 0.352 e. The van der Waals surface area contributed by atoms with Crippen molar-refractivity contribution in [3.8, 4) is 0 Å². The van der Waals surface area contributed by atoms with E-state index in [1.165, 1.54) is 11.3 Å². The van der Waals surface area contributed by atoms with Gasteiger partial charge in [-0.1, -0.05) is 0 Å². The van der Waals surface area contributed by atoms with E-state index in [2.05, 4.69) is 10.6 Å². The molecular weight excluding hydrogens is 286 g/mol. The Morgan fingerprint density at radius 2 is 2.19 bits per heavy atom. The minimum Gasteiger partial charge on any atom is -0.352 e. The number of nitrogens with one attached hydrogen (secondary N) is 2. The number of carbonyl (C=O) groups is 2. The van der Waals surface area contributed by atoms with Crippen LogP contribution in [0, 0.1) is 0 Å². The van der Waals surface area contributed by atoms with E-state index in [1.807, 2.05) is 22.7 Å². The van der Waals surface area contributed by atoms with E-state index in [0.717, 1.165) is 25.9 Å². The summed E-state index contributed by atoms with van der Waals surface area (Å²) in [6.45, 7) is 2.51. The summed E-state index contributed by atoms with van der Waals surface area (Å²) in [6.07, 6.45) is 3.22. The second kappa shape index (κ2) is 8.14. The Morgan fingerprint density at radius 1 is 1.43 bits per heavy atom. The molecule has 2 N–H and O–H groups in total. The zero-order valence-corrected chi connectivity index (χ0v) is 13.2. The molecule has 1 aliphatic heterocycles. The predicted molar refractivity (Wildman–Crippen MR) is 84.5 cm³/mol. The van der Waals surface area contributed by atoms with Crippen LogP contribution in [-0.4, -0.2) is 49.4 Å². The molecule has 0 saturated carbocycles. The van der Waals surface area contributed by atoms with Gasteiger partial charge in [0.1, 0.15) is 0 Å². The number of rotatable bonds is 6. The first kappa shape index (κ1) is 16.0. The van der Waals surface area contributed by atoms with E-state index in [0.29, 0.717) is 31.0 Å². The van der Waals surface area contributed by atoms with Crippen molar-refractivity contribution >= 4 is 23.2 Å². The van der Waals surface area contributed by atoms with E-state index in [-0.39, 0.29) is 11.8 Å². The first-order valence-corrected chi connectivity index (χ1v) is 8.39. The molecule has 116 valence electrons. The SMILES string of the molecule is CN(C(=O)CCCNC(=O)c1ccsc1)C1CCNCC1. The molecule has 5 nitrogen and oxygen atoms in total. The molecule has 0 spiro atoms. The molecule has 0 radical (unpaired) electrons. The Labute approximate surface area is 129 Å². The molecule has 0 aliphatic carbocycles. The fourth-order valence-electron chi connectivity index (χ4n) is 2.51. The Morgan fingerprint density at radius 3 is 2.86 bits per heavy atom. The van der Waals surface area contributed by atoms with E-state index in [1.54, 1.807) is 6.07 Å². The Kier molecular flexibility index (Phi) is 6.20. The molecular formula is C15H23N3O2S. The fraction of sp³-hybridized carbons (Fsp3) is 0.600. The zero-order chi connectivity index (χ0) is 15.1. The van der Waals surface area contributed by atoms with Crippen LogP contribution in [0.25, 0.3) is 0 Å². The highest BCUT2D eigenvalue weighted by atomic mass is 32.1. The summed E-state index contributed by atoms with van der Waals surface area (Å²) < 4.78 is 0. The lowest BCUT2D eigenvalue weighted by atomic mass is 10.0. The molecule has 6 heteroatoms. The van der Waals surface area contributed by atoms with Crippen molar-refractivity contribution < 1.29 is 9.59 Å². The van der Waals surface area contributed by atoms with Crippen molar-refractivity contribution in [3.05, 3.63) is 22.4 Å². The quantitative estimate of drug-likeness (QED) is 0.782. The van der Waals surface area contributed by atoms with Gasteiger partial charge < -0.3 is 15.5 Å². The molecule has 0 unspecified atom stereocenters. The number of carbonyl (C=O) groups excluding carboxylic acids is 2. The molecule has 1 aromatic heterocycles.